The third-order valence-electron chi connectivity index (χ3n) is 4.44. The monoisotopic (exact) mass is 271 g/mol. The molecule has 2 aliphatic rings. The molecule has 2 aliphatic carbocycles. The molecule has 1 atom stereocenters. The van der Waals surface area contributed by atoms with Gasteiger partial charge in [0, 0.05) is 7.05 Å². The molecule has 0 amide bonds. The molecule has 0 saturated carbocycles. The Balaban J connectivity index is 2.09. The van der Waals surface area contributed by atoms with Gasteiger partial charge < -0.3 is 15.1 Å². The topological polar surface area (TPSA) is 60.8 Å². The third-order valence-corrected chi connectivity index (χ3v) is 4.44. The van der Waals surface area contributed by atoms with E-state index in [1.54, 1.807) is 19.1 Å². The zero-order valence-electron chi connectivity index (χ0n) is 11.6. The number of hydrogen-bond acceptors (Lipinski definition) is 3. The number of fused-ring (bicyclic) bond motifs is 2. The fourth-order valence-corrected chi connectivity index (χ4v) is 3.10. The normalized spacial score (nSPS) is 23.0. The smallest absolute Gasteiger partial charge is 0.341 e. The first-order valence-electron chi connectivity index (χ1n) is 6.62. The second-order valence-corrected chi connectivity index (χ2v) is 5.59. The second-order valence-electron chi connectivity index (χ2n) is 5.59. The van der Waals surface area contributed by atoms with Gasteiger partial charge in [-0.1, -0.05) is 24.3 Å². The van der Waals surface area contributed by atoms with Gasteiger partial charge in [-0.05, 0) is 37.0 Å². The lowest BCUT2D eigenvalue weighted by Gasteiger charge is -2.38. The Morgan fingerprint density at radius 3 is 2.65 bits per heavy atom. The van der Waals surface area contributed by atoms with Crippen LogP contribution in [0.1, 0.15) is 28.8 Å². The van der Waals surface area contributed by atoms with E-state index in [4.69, 9.17) is 0 Å². The second kappa shape index (κ2) is 4.13. The maximum Gasteiger partial charge on any atom is 0.341 e. The van der Waals surface area contributed by atoms with E-state index in [0.717, 1.165) is 12.8 Å². The van der Waals surface area contributed by atoms with Crippen molar-refractivity contribution in [2.75, 3.05) is 11.9 Å². The number of phenols is 1. The first-order chi connectivity index (χ1) is 9.44. The number of benzene rings is 1. The molecule has 0 aromatic heterocycles. The van der Waals surface area contributed by atoms with Crippen LogP contribution in [0.4, 0.5) is 5.69 Å². The van der Waals surface area contributed by atoms with E-state index < -0.39 is 5.97 Å². The zero-order valence-corrected chi connectivity index (χ0v) is 11.6. The molecule has 0 saturated heterocycles. The number of carbonyl (C=O) groups is 1. The van der Waals surface area contributed by atoms with Gasteiger partial charge in [-0.2, -0.15) is 0 Å². The van der Waals surface area contributed by atoms with Gasteiger partial charge in [0.05, 0.1) is 11.2 Å². The van der Waals surface area contributed by atoms with E-state index in [1.165, 1.54) is 5.57 Å². The number of aryl methyl sites for hydroxylation is 1. The summed E-state index contributed by atoms with van der Waals surface area (Å²) < 4.78 is 0. The van der Waals surface area contributed by atoms with Crippen molar-refractivity contribution in [2.45, 2.75) is 25.3 Å². The highest BCUT2D eigenvalue weighted by molar-refractivity contribution is 5.98. The Bertz CT molecular complexity index is 660. The summed E-state index contributed by atoms with van der Waals surface area (Å²) in [6.45, 7) is 1.70. The number of likely N-dealkylation sites (N-methyl/N-ethyl adjacent to an activating group) is 1. The standard InChI is InChI=1S/C16H17NO3/c1-10-3-4-12(13(14(10)18)15(19)20)17(2)16-7-5-11(9-16)6-8-16/h3-7,18H,8-9H2,1-2H3,(H,19,20). The number of nitrogens with zero attached hydrogens (tertiary/aromatic N) is 1. The summed E-state index contributed by atoms with van der Waals surface area (Å²) in [6.07, 6.45) is 8.19. The molecule has 3 rings (SSSR count). The summed E-state index contributed by atoms with van der Waals surface area (Å²) >= 11 is 0. The predicted molar refractivity (Wildman–Crippen MR) is 77.4 cm³/mol. The Labute approximate surface area is 117 Å². The Morgan fingerprint density at radius 1 is 1.40 bits per heavy atom. The summed E-state index contributed by atoms with van der Waals surface area (Å²) in [5.74, 6) is -1.25. The van der Waals surface area contributed by atoms with Crippen molar-refractivity contribution in [3.63, 3.8) is 0 Å². The van der Waals surface area contributed by atoms with Crippen LogP contribution in [0.5, 0.6) is 5.75 Å². The fourth-order valence-electron chi connectivity index (χ4n) is 3.10. The van der Waals surface area contributed by atoms with Crippen molar-refractivity contribution in [2.24, 2.45) is 0 Å². The average molecular weight is 271 g/mol. The first-order valence-corrected chi connectivity index (χ1v) is 6.62. The number of aromatic hydroxyl groups is 1. The molecule has 2 bridgehead atoms. The van der Waals surface area contributed by atoms with Gasteiger partial charge in [-0.25, -0.2) is 4.79 Å². The highest BCUT2D eigenvalue weighted by Gasteiger charge is 2.40. The zero-order chi connectivity index (χ0) is 14.5. The van der Waals surface area contributed by atoms with Crippen LogP contribution < -0.4 is 4.90 Å². The number of rotatable bonds is 3. The number of hydrogen-bond donors (Lipinski definition) is 2. The van der Waals surface area contributed by atoms with Gasteiger partial charge in [-0.3, -0.25) is 0 Å². The summed E-state index contributed by atoms with van der Waals surface area (Å²) in [5, 5.41) is 19.5. The van der Waals surface area contributed by atoms with Crippen LogP contribution in [0.2, 0.25) is 0 Å². The molecule has 0 heterocycles. The minimum Gasteiger partial charge on any atom is -0.507 e. The molecular formula is C16H17NO3. The SMILES string of the molecule is Cc1ccc(N(C)C23C=CC(=CC2)C3)c(C(=O)O)c1O. The van der Waals surface area contributed by atoms with Crippen LogP contribution in [-0.4, -0.2) is 28.8 Å². The van der Waals surface area contributed by atoms with Crippen molar-refractivity contribution in [3.8, 4) is 5.75 Å². The molecule has 0 fully saturated rings. The lowest BCUT2D eigenvalue weighted by molar-refractivity contribution is 0.0694. The third kappa shape index (κ3) is 1.64. The van der Waals surface area contributed by atoms with Gasteiger partial charge in [-0.15, -0.1) is 0 Å². The molecule has 4 heteroatoms. The van der Waals surface area contributed by atoms with E-state index in [9.17, 15) is 15.0 Å². The van der Waals surface area contributed by atoms with Gasteiger partial charge >= 0.3 is 5.97 Å². The quantitative estimate of drug-likeness (QED) is 0.887. The summed E-state index contributed by atoms with van der Waals surface area (Å²) in [6, 6.07) is 3.53. The molecule has 1 aromatic carbocycles. The largest absolute Gasteiger partial charge is 0.507 e. The molecule has 2 N–H and O–H groups in total. The van der Waals surface area contributed by atoms with Crippen LogP contribution in [0.15, 0.2) is 35.9 Å². The predicted octanol–water partition coefficient (Wildman–Crippen LogP) is 2.86. The Hall–Kier alpha value is -2.23. The fraction of sp³-hybridized carbons (Fsp3) is 0.312. The molecule has 4 nitrogen and oxygen atoms in total. The summed E-state index contributed by atoms with van der Waals surface area (Å²) in [5.41, 5.74) is 2.23. The van der Waals surface area contributed by atoms with Crippen molar-refractivity contribution < 1.29 is 15.0 Å². The van der Waals surface area contributed by atoms with Crippen LogP contribution in [0.3, 0.4) is 0 Å². The van der Waals surface area contributed by atoms with Gasteiger partial charge in [0.15, 0.2) is 0 Å². The van der Waals surface area contributed by atoms with Crippen molar-refractivity contribution in [3.05, 3.63) is 47.1 Å². The minimum atomic E-state index is -1.10. The summed E-state index contributed by atoms with van der Waals surface area (Å²) in [4.78, 5) is 13.5. The van der Waals surface area contributed by atoms with Crippen LogP contribution in [0, 0.1) is 6.92 Å². The van der Waals surface area contributed by atoms with Crippen LogP contribution in [-0.2, 0) is 0 Å². The molecule has 0 radical (unpaired) electrons. The van der Waals surface area contributed by atoms with Crippen molar-refractivity contribution >= 4 is 11.7 Å². The number of allylic oxidation sites excluding steroid dienone is 1. The lowest BCUT2D eigenvalue weighted by atomic mass is 9.94. The van der Waals surface area contributed by atoms with Gasteiger partial charge in [0.2, 0.25) is 0 Å². The number of aromatic carboxylic acids is 1. The van der Waals surface area contributed by atoms with Crippen molar-refractivity contribution in [1.29, 1.82) is 0 Å². The number of anilines is 1. The van der Waals surface area contributed by atoms with E-state index >= 15 is 0 Å². The summed E-state index contributed by atoms with van der Waals surface area (Å²) in [7, 11) is 1.89. The van der Waals surface area contributed by atoms with Crippen LogP contribution in [0.25, 0.3) is 0 Å². The van der Waals surface area contributed by atoms with E-state index in [2.05, 4.69) is 18.2 Å². The van der Waals surface area contributed by atoms with Gasteiger partial charge in [0.1, 0.15) is 11.3 Å². The first kappa shape index (κ1) is 12.8. The molecule has 1 unspecified atom stereocenters. The Kier molecular flexibility index (Phi) is 2.64. The highest BCUT2D eigenvalue weighted by atomic mass is 16.4. The van der Waals surface area contributed by atoms with E-state index in [0.29, 0.717) is 11.3 Å². The molecule has 1 aromatic rings. The Morgan fingerprint density at radius 2 is 2.15 bits per heavy atom. The molecule has 0 spiro atoms. The highest BCUT2D eigenvalue weighted by Crippen LogP contribution is 2.45. The van der Waals surface area contributed by atoms with Gasteiger partial charge in [0.25, 0.3) is 0 Å². The van der Waals surface area contributed by atoms with Crippen molar-refractivity contribution in [1.82, 2.24) is 0 Å². The average Bonchev–Trinajstić information content (AvgIpc) is 3.02. The molecule has 104 valence electrons. The maximum absolute atomic E-state index is 11.5. The minimum absolute atomic E-state index is 0.0179. The molecule has 20 heavy (non-hydrogen) atoms. The number of carboxylic acid groups (broad SMARTS) is 1. The molecular weight excluding hydrogens is 254 g/mol. The number of carboxylic acids is 1. The lowest BCUT2D eigenvalue weighted by Crippen LogP contribution is -2.42. The van der Waals surface area contributed by atoms with E-state index in [1.807, 2.05) is 11.9 Å². The van der Waals surface area contributed by atoms with Crippen LogP contribution >= 0.6 is 0 Å². The van der Waals surface area contributed by atoms with E-state index in [-0.39, 0.29) is 16.9 Å². The molecule has 0 aliphatic heterocycles. The maximum atomic E-state index is 11.5.